The third-order valence-corrected chi connectivity index (χ3v) is 4.59. The molecule has 0 radical (unpaired) electrons. The number of hydrogen-bond donors (Lipinski definition) is 2. The Labute approximate surface area is 167 Å². The second kappa shape index (κ2) is 7.85. The molecule has 3 heterocycles. The largest absolute Gasteiger partial charge is 0.461 e. The van der Waals surface area contributed by atoms with Crippen LogP contribution in [0, 0.1) is 5.92 Å². The summed E-state index contributed by atoms with van der Waals surface area (Å²) in [5.74, 6) is -3.07. The van der Waals surface area contributed by atoms with Gasteiger partial charge in [-0.3, -0.25) is 19.9 Å². The molecule has 1 aromatic heterocycles. The minimum absolute atomic E-state index is 0.0130. The number of hydrazone groups is 1. The zero-order valence-corrected chi connectivity index (χ0v) is 15.7. The van der Waals surface area contributed by atoms with Crippen molar-refractivity contribution in [3.05, 3.63) is 22.8 Å². The lowest BCUT2D eigenvalue weighted by molar-refractivity contribution is -0.140. The second-order valence-electron chi connectivity index (χ2n) is 6.11. The van der Waals surface area contributed by atoms with E-state index in [1.54, 1.807) is 6.92 Å². The monoisotopic (exact) mass is 433 g/mol. The number of hydrogen-bond acceptors (Lipinski definition) is 8. The maximum Gasteiger partial charge on any atom is 0.417 e. The molecule has 13 heteroatoms. The molecule has 3 rings (SSSR count). The van der Waals surface area contributed by atoms with E-state index in [9.17, 15) is 27.6 Å². The van der Waals surface area contributed by atoms with Gasteiger partial charge in [-0.25, -0.2) is 9.78 Å². The molecule has 2 aliphatic heterocycles. The molecule has 2 N–H and O–H groups in total. The number of ether oxygens (including phenoxy) is 1. The van der Waals surface area contributed by atoms with E-state index in [0.717, 1.165) is 11.0 Å². The lowest BCUT2D eigenvalue weighted by Gasteiger charge is -2.17. The lowest BCUT2D eigenvalue weighted by Crippen LogP contribution is -2.39. The third-order valence-electron chi connectivity index (χ3n) is 4.30. The van der Waals surface area contributed by atoms with Gasteiger partial charge < -0.3 is 10.1 Å². The molecule has 2 atom stereocenters. The van der Waals surface area contributed by atoms with Crippen LogP contribution >= 0.6 is 11.6 Å². The van der Waals surface area contributed by atoms with E-state index < -0.39 is 41.5 Å². The van der Waals surface area contributed by atoms with Gasteiger partial charge in [0.2, 0.25) is 5.91 Å². The first-order valence-corrected chi connectivity index (χ1v) is 8.85. The summed E-state index contributed by atoms with van der Waals surface area (Å²) in [7, 11) is 0. The molecule has 9 nitrogen and oxygen atoms in total. The van der Waals surface area contributed by atoms with Gasteiger partial charge in [0.1, 0.15) is 17.8 Å². The number of amides is 2. The van der Waals surface area contributed by atoms with E-state index in [4.69, 9.17) is 16.3 Å². The van der Waals surface area contributed by atoms with E-state index in [2.05, 4.69) is 20.8 Å². The second-order valence-corrected chi connectivity index (χ2v) is 6.52. The van der Waals surface area contributed by atoms with Crippen molar-refractivity contribution < 1.29 is 32.3 Å². The summed E-state index contributed by atoms with van der Waals surface area (Å²) in [5, 5.41) is 6.16. The van der Waals surface area contributed by atoms with E-state index in [-0.39, 0.29) is 36.2 Å². The summed E-state index contributed by atoms with van der Waals surface area (Å²) in [6, 6.07) is -0.269. The zero-order chi connectivity index (χ0) is 21.3. The molecule has 156 valence electrons. The summed E-state index contributed by atoms with van der Waals surface area (Å²) >= 11 is 5.80. The summed E-state index contributed by atoms with van der Waals surface area (Å²) in [6.45, 7) is 1.56. The van der Waals surface area contributed by atoms with Crippen LogP contribution in [0.5, 0.6) is 0 Å². The topological polar surface area (TPSA) is 113 Å². The minimum Gasteiger partial charge on any atom is -0.461 e. The highest BCUT2D eigenvalue weighted by atomic mass is 35.5. The highest BCUT2D eigenvalue weighted by molar-refractivity contribution is 6.44. The summed E-state index contributed by atoms with van der Waals surface area (Å²) in [5.41, 5.74) is 1.30. The van der Waals surface area contributed by atoms with Crippen LogP contribution < -0.4 is 10.7 Å². The van der Waals surface area contributed by atoms with Crippen molar-refractivity contribution in [2.24, 2.45) is 11.0 Å². The Balaban J connectivity index is 1.62. The van der Waals surface area contributed by atoms with E-state index in [1.807, 2.05) is 0 Å². The van der Waals surface area contributed by atoms with Gasteiger partial charge in [-0.05, 0) is 13.0 Å². The molecule has 0 unspecified atom stereocenters. The summed E-state index contributed by atoms with van der Waals surface area (Å²) in [6.07, 6.45) is -3.96. The van der Waals surface area contributed by atoms with Crippen LogP contribution in [0.3, 0.4) is 0 Å². The number of halogens is 4. The molecule has 2 amide bonds. The Bertz CT molecular complexity index is 892. The van der Waals surface area contributed by atoms with Crippen molar-refractivity contribution in [2.45, 2.75) is 19.1 Å². The average Bonchev–Trinajstić information content (AvgIpc) is 3.18. The molecule has 1 fully saturated rings. The Morgan fingerprint density at radius 3 is 2.72 bits per heavy atom. The molecule has 0 spiro atoms. The van der Waals surface area contributed by atoms with E-state index in [1.165, 1.54) is 0 Å². The lowest BCUT2D eigenvalue weighted by atomic mass is 9.99. The number of aromatic nitrogens is 1. The first kappa shape index (κ1) is 20.8. The van der Waals surface area contributed by atoms with Crippen LogP contribution in [0.4, 0.5) is 19.0 Å². The zero-order valence-electron chi connectivity index (χ0n) is 14.9. The maximum absolute atomic E-state index is 12.6. The first-order chi connectivity index (χ1) is 13.6. The first-order valence-electron chi connectivity index (χ1n) is 8.47. The molecular formula is C16H15ClF3N5O4. The number of carbonyl (C=O) groups excluding carboxylic acids is 3. The SMILES string of the molecule is CCOC(=O)C1=NN[C@@H]2C(=O)N(CCNc3ncc(C(F)(F)F)cc3Cl)C(=O)[C@@H]12. The van der Waals surface area contributed by atoms with Gasteiger partial charge in [-0.15, -0.1) is 0 Å². The Hall–Kier alpha value is -2.89. The van der Waals surface area contributed by atoms with Gasteiger partial charge in [0.15, 0.2) is 5.71 Å². The fourth-order valence-corrected chi connectivity index (χ4v) is 3.18. The van der Waals surface area contributed by atoms with Crippen LogP contribution in [0.1, 0.15) is 12.5 Å². The molecule has 0 aromatic carbocycles. The van der Waals surface area contributed by atoms with E-state index in [0.29, 0.717) is 6.20 Å². The molecule has 1 aromatic rings. The Morgan fingerprint density at radius 2 is 2.10 bits per heavy atom. The van der Waals surface area contributed by atoms with Crippen molar-refractivity contribution in [1.82, 2.24) is 15.3 Å². The molecular weight excluding hydrogens is 419 g/mol. The fraction of sp³-hybridized carbons (Fsp3) is 0.438. The number of esters is 1. The number of nitrogens with one attached hydrogen (secondary N) is 2. The minimum atomic E-state index is -4.58. The smallest absolute Gasteiger partial charge is 0.417 e. The van der Waals surface area contributed by atoms with E-state index >= 15 is 0 Å². The molecule has 29 heavy (non-hydrogen) atoms. The number of anilines is 1. The molecule has 2 aliphatic rings. The molecule has 0 saturated carbocycles. The number of nitrogens with zero attached hydrogens (tertiary/aromatic N) is 3. The number of fused-ring (bicyclic) bond motifs is 1. The van der Waals surface area contributed by atoms with Crippen molar-refractivity contribution >= 4 is 40.9 Å². The van der Waals surface area contributed by atoms with Crippen molar-refractivity contribution in [2.75, 3.05) is 25.0 Å². The van der Waals surface area contributed by atoms with Crippen LogP contribution in [0.2, 0.25) is 5.02 Å². The number of carbonyl (C=O) groups is 3. The predicted octanol–water partition coefficient (Wildman–Crippen LogP) is 1.04. The Morgan fingerprint density at radius 1 is 1.38 bits per heavy atom. The van der Waals surface area contributed by atoms with Gasteiger partial charge in [0.05, 0.1) is 17.2 Å². The van der Waals surface area contributed by atoms with Crippen LogP contribution in [0.15, 0.2) is 17.4 Å². The van der Waals surface area contributed by atoms with Crippen LogP contribution in [-0.4, -0.2) is 59.1 Å². The van der Waals surface area contributed by atoms with Gasteiger partial charge in [0.25, 0.3) is 5.91 Å². The quantitative estimate of drug-likeness (QED) is 0.509. The van der Waals surface area contributed by atoms with Gasteiger partial charge in [-0.1, -0.05) is 11.6 Å². The van der Waals surface area contributed by atoms with Crippen molar-refractivity contribution in [3.63, 3.8) is 0 Å². The predicted molar refractivity (Wildman–Crippen MR) is 93.9 cm³/mol. The number of imide groups is 1. The Kier molecular flexibility index (Phi) is 5.64. The molecule has 0 aliphatic carbocycles. The standard InChI is InChI=1S/C16H15ClF3N5O4/c1-2-29-15(28)11-9-10(23-24-11)14(27)25(13(9)26)4-3-21-12-8(17)5-7(6-22-12)16(18,19)20/h5-6,9-10,23H,2-4H2,1H3,(H,21,22)/t9-,10+/m1/s1. The normalized spacial score (nSPS) is 21.0. The highest BCUT2D eigenvalue weighted by Gasteiger charge is 2.55. The number of likely N-dealkylation sites (tertiary alicyclic amines) is 1. The third kappa shape index (κ3) is 3.97. The van der Waals surface area contributed by atoms with Gasteiger partial charge in [-0.2, -0.15) is 18.3 Å². The molecule has 1 saturated heterocycles. The van der Waals surface area contributed by atoms with Gasteiger partial charge in [0, 0.05) is 19.3 Å². The average molecular weight is 434 g/mol. The van der Waals surface area contributed by atoms with Gasteiger partial charge >= 0.3 is 12.1 Å². The molecule has 0 bridgehead atoms. The summed E-state index contributed by atoms with van der Waals surface area (Å²) < 4.78 is 42.8. The van der Waals surface area contributed by atoms with Crippen LogP contribution in [0.25, 0.3) is 0 Å². The van der Waals surface area contributed by atoms with Crippen LogP contribution in [-0.2, 0) is 25.3 Å². The number of rotatable bonds is 6. The number of pyridine rings is 1. The van der Waals surface area contributed by atoms with Crippen molar-refractivity contribution in [1.29, 1.82) is 0 Å². The number of alkyl halides is 3. The van der Waals surface area contributed by atoms with Crippen molar-refractivity contribution in [3.8, 4) is 0 Å². The summed E-state index contributed by atoms with van der Waals surface area (Å²) in [4.78, 5) is 41.4. The fourth-order valence-electron chi connectivity index (χ4n) is 2.95. The maximum atomic E-state index is 12.6. The highest BCUT2D eigenvalue weighted by Crippen LogP contribution is 2.32.